The van der Waals surface area contributed by atoms with Crippen molar-refractivity contribution >= 4 is 23.3 Å². The highest BCUT2D eigenvalue weighted by Crippen LogP contribution is 2.36. The fraction of sp³-hybridized carbons (Fsp3) is 0.424. The van der Waals surface area contributed by atoms with E-state index < -0.39 is 17.7 Å². The van der Waals surface area contributed by atoms with Gasteiger partial charge in [-0.3, -0.25) is 14.5 Å². The summed E-state index contributed by atoms with van der Waals surface area (Å²) in [5, 5.41) is 5.45. The standard InChI is InChI=1S/C33H37F3N4O4/c1-21(2)31(41)39-30-20-28(9-10-37-30)44-27-8-7-22-5-6-23(15-24(22)16-27)32(42)38-26-17-25(33(34,35)36)18-29(19-26)43-14-13-40-11-3-4-12-40/h7-10,16-21,23H,3-6,11-15H2,1-2H3,(H,38,42)(H,37,39,41). The third kappa shape index (κ3) is 8.28. The third-order valence-electron chi connectivity index (χ3n) is 7.90. The summed E-state index contributed by atoms with van der Waals surface area (Å²) < 4.78 is 52.7. The van der Waals surface area contributed by atoms with E-state index in [0.29, 0.717) is 43.1 Å². The van der Waals surface area contributed by atoms with E-state index >= 15 is 0 Å². The quantitative estimate of drug-likeness (QED) is 0.265. The van der Waals surface area contributed by atoms with E-state index in [2.05, 4.69) is 20.5 Å². The molecule has 1 aromatic heterocycles. The molecular weight excluding hydrogens is 573 g/mol. The highest BCUT2D eigenvalue weighted by Gasteiger charge is 2.32. The molecule has 44 heavy (non-hydrogen) atoms. The maximum atomic E-state index is 13.7. The van der Waals surface area contributed by atoms with E-state index in [-0.39, 0.29) is 35.8 Å². The van der Waals surface area contributed by atoms with Crippen molar-refractivity contribution in [2.45, 2.75) is 52.1 Å². The Balaban J connectivity index is 1.24. The van der Waals surface area contributed by atoms with Gasteiger partial charge in [-0.2, -0.15) is 13.2 Å². The molecular formula is C33H37F3N4O4. The van der Waals surface area contributed by atoms with Gasteiger partial charge in [0, 0.05) is 42.4 Å². The van der Waals surface area contributed by atoms with Crippen LogP contribution in [0.4, 0.5) is 24.7 Å². The summed E-state index contributed by atoms with van der Waals surface area (Å²) in [6.07, 6.45) is 0.839. The average Bonchev–Trinajstić information content (AvgIpc) is 3.50. The first-order valence-electron chi connectivity index (χ1n) is 15.0. The summed E-state index contributed by atoms with van der Waals surface area (Å²) in [4.78, 5) is 31.7. The normalized spacial score (nSPS) is 16.8. The van der Waals surface area contributed by atoms with Crippen LogP contribution in [0.3, 0.4) is 0 Å². The number of nitrogens with zero attached hydrogens (tertiary/aromatic N) is 2. The van der Waals surface area contributed by atoms with Gasteiger partial charge >= 0.3 is 6.18 Å². The molecule has 2 aliphatic rings. The monoisotopic (exact) mass is 610 g/mol. The van der Waals surface area contributed by atoms with Gasteiger partial charge in [0.05, 0.1) is 5.56 Å². The number of alkyl halides is 3. The lowest BCUT2D eigenvalue weighted by Gasteiger charge is -2.25. The number of nitrogens with one attached hydrogen (secondary N) is 2. The van der Waals surface area contributed by atoms with E-state index in [9.17, 15) is 22.8 Å². The van der Waals surface area contributed by atoms with Crippen molar-refractivity contribution in [3.63, 3.8) is 0 Å². The minimum absolute atomic E-state index is 0.0573. The molecule has 2 N–H and O–H groups in total. The number of carbonyl (C=O) groups excluding carboxylic acids is 2. The van der Waals surface area contributed by atoms with Gasteiger partial charge < -0.3 is 20.1 Å². The summed E-state index contributed by atoms with van der Waals surface area (Å²) in [6, 6.07) is 12.4. The Morgan fingerprint density at radius 3 is 2.50 bits per heavy atom. The molecule has 234 valence electrons. The molecule has 0 spiro atoms. The zero-order valence-corrected chi connectivity index (χ0v) is 24.9. The summed E-state index contributed by atoms with van der Waals surface area (Å²) in [5.74, 6) is 0.395. The van der Waals surface area contributed by atoms with Crippen molar-refractivity contribution < 1.29 is 32.2 Å². The molecule has 0 bridgehead atoms. The second-order valence-corrected chi connectivity index (χ2v) is 11.6. The summed E-state index contributed by atoms with van der Waals surface area (Å²) >= 11 is 0. The summed E-state index contributed by atoms with van der Waals surface area (Å²) in [5.41, 5.74) is 1.22. The molecule has 8 nitrogen and oxygen atoms in total. The number of pyridine rings is 1. The van der Waals surface area contributed by atoms with Gasteiger partial charge in [-0.05, 0) is 86.7 Å². The number of likely N-dealkylation sites (tertiary alicyclic amines) is 1. The van der Waals surface area contributed by atoms with Gasteiger partial charge in [-0.1, -0.05) is 19.9 Å². The van der Waals surface area contributed by atoms with Crippen LogP contribution in [-0.4, -0.2) is 47.9 Å². The van der Waals surface area contributed by atoms with Crippen LogP contribution in [0.1, 0.15) is 49.8 Å². The minimum Gasteiger partial charge on any atom is -0.492 e. The maximum Gasteiger partial charge on any atom is 0.416 e. The predicted octanol–water partition coefficient (Wildman–Crippen LogP) is 6.71. The van der Waals surface area contributed by atoms with Gasteiger partial charge in [-0.15, -0.1) is 0 Å². The lowest BCUT2D eigenvalue weighted by molar-refractivity contribution is -0.137. The molecule has 1 aliphatic heterocycles. The van der Waals surface area contributed by atoms with Crippen LogP contribution >= 0.6 is 0 Å². The Labute approximate surface area is 254 Å². The van der Waals surface area contributed by atoms with Gasteiger partial charge in [0.15, 0.2) is 0 Å². The molecule has 1 saturated heterocycles. The number of hydrogen-bond donors (Lipinski definition) is 2. The number of anilines is 2. The van der Waals surface area contributed by atoms with E-state index in [1.165, 1.54) is 6.07 Å². The van der Waals surface area contributed by atoms with E-state index in [1.807, 2.05) is 18.2 Å². The van der Waals surface area contributed by atoms with Gasteiger partial charge in [-0.25, -0.2) is 4.98 Å². The Hall–Kier alpha value is -4.12. The number of hydrogen-bond acceptors (Lipinski definition) is 6. The van der Waals surface area contributed by atoms with Crippen LogP contribution in [0.5, 0.6) is 17.2 Å². The fourth-order valence-corrected chi connectivity index (χ4v) is 5.43. The van der Waals surface area contributed by atoms with E-state index in [4.69, 9.17) is 9.47 Å². The van der Waals surface area contributed by atoms with Gasteiger partial charge in [0.25, 0.3) is 0 Å². The first kappa shape index (κ1) is 31.3. The molecule has 3 aromatic rings. The second kappa shape index (κ2) is 13.7. The summed E-state index contributed by atoms with van der Waals surface area (Å²) in [6.45, 7) is 6.42. The zero-order valence-electron chi connectivity index (χ0n) is 24.9. The molecule has 5 rings (SSSR count). The second-order valence-electron chi connectivity index (χ2n) is 11.6. The van der Waals surface area contributed by atoms with Crippen molar-refractivity contribution in [3.8, 4) is 17.2 Å². The summed E-state index contributed by atoms with van der Waals surface area (Å²) in [7, 11) is 0. The topological polar surface area (TPSA) is 92.8 Å². The van der Waals surface area contributed by atoms with Crippen molar-refractivity contribution in [1.29, 1.82) is 0 Å². The van der Waals surface area contributed by atoms with Crippen molar-refractivity contribution in [3.05, 3.63) is 71.4 Å². The molecule has 2 amide bonds. The lowest BCUT2D eigenvalue weighted by Crippen LogP contribution is -2.28. The first-order valence-corrected chi connectivity index (χ1v) is 15.0. The van der Waals surface area contributed by atoms with Crippen LogP contribution in [0.15, 0.2) is 54.7 Å². The largest absolute Gasteiger partial charge is 0.492 e. The van der Waals surface area contributed by atoms with Crippen LogP contribution < -0.4 is 20.1 Å². The number of carbonyl (C=O) groups is 2. The van der Waals surface area contributed by atoms with Crippen LogP contribution in [-0.2, 0) is 28.6 Å². The average molecular weight is 611 g/mol. The number of ether oxygens (including phenoxy) is 2. The van der Waals surface area contributed by atoms with Crippen molar-refractivity contribution in [1.82, 2.24) is 9.88 Å². The highest BCUT2D eigenvalue weighted by molar-refractivity contribution is 5.93. The number of halogens is 3. The minimum atomic E-state index is -4.58. The number of aryl methyl sites for hydroxylation is 1. The third-order valence-corrected chi connectivity index (χ3v) is 7.90. The number of aromatic nitrogens is 1. The van der Waals surface area contributed by atoms with E-state index in [1.54, 1.807) is 32.2 Å². The highest BCUT2D eigenvalue weighted by atomic mass is 19.4. The lowest BCUT2D eigenvalue weighted by atomic mass is 9.83. The number of rotatable bonds is 10. The molecule has 1 atom stereocenters. The molecule has 11 heteroatoms. The molecule has 1 aliphatic carbocycles. The molecule has 0 saturated carbocycles. The number of amides is 2. The Bertz CT molecular complexity index is 1490. The van der Waals surface area contributed by atoms with Crippen LogP contribution in [0, 0.1) is 11.8 Å². The number of benzene rings is 2. The predicted molar refractivity (Wildman–Crippen MR) is 161 cm³/mol. The van der Waals surface area contributed by atoms with Crippen molar-refractivity contribution in [2.24, 2.45) is 11.8 Å². The van der Waals surface area contributed by atoms with Crippen LogP contribution in [0.25, 0.3) is 0 Å². The Morgan fingerprint density at radius 1 is 0.977 bits per heavy atom. The van der Waals surface area contributed by atoms with Crippen LogP contribution in [0.2, 0.25) is 0 Å². The molecule has 1 unspecified atom stereocenters. The molecule has 1 fully saturated rings. The molecule has 0 radical (unpaired) electrons. The molecule has 2 heterocycles. The Kier molecular flexibility index (Phi) is 9.73. The van der Waals surface area contributed by atoms with Gasteiger partial charge in [0.2, 0.25) is 11.8 Å². The zero-order chi connectivity index (χ0) is 31.3. The number of fused-ring (bicyclic) bond motifs is 1. The molecule has 2 aromatic carbocycles. The van der Waals surface area contributed by atoms with E-state index in [0.717, 1.165) is 49.2 Å². The fourth-order valence-electron chi connectivity index (χ4n) is 5.43. The van der Waals surface area contributed by atoms with Gasteiger partial charge in [0.1, 0.15) is 29.7 Å². The first-order chi connectivity index (χ1) is 21.0. The SMILES string of the molecule is CC(C)C(=O)Nc1cc(Oc2ccc3c(c2)CC(C(=O)Nc2cc(OCCN4CCCC4)cc(C(F)(F)F)c2)CC3)ccn1. The smallest absolute Gasteiger partial charge is 0.416 e. The van der Waals surface area contributed by atoms with Crippen molar-refractivity contribution in [2.75, 3.05) is 36.9 Å². The maximum absolute atomic E-state index is 13.7. The Morgan fingerprint density at radius 2 is 1.75 bits per heavy atom.